The van der Waals surface area contributed by atoms with E-state index >= 15 is 0 Å². The maximum atomic E-state index is 12.7. The molecule has 1 aliphatic carbocycles. The first kappa shape index (κ1) is 20.6. The minimum atomic E-state index is -1.04. The molecule has 1 aliphatic rings. The molecule has 0 aromatic heterocycles. The molecule has 3 atom stereocenters. The zero-order valence-electron chi connectivity index (χ0n) is 15.6. The summed E-state index contributed by atoms with van der Waals surface area (Å²) in [6, 6.07) is 8.04. The Hall–Kier alpha value is -2.66. The van der Waals surface area contributed by atoms with Crippen molar-refractivity contribution in [2.45, 2.75) is 45.2 Å². The predicted octanol–water partition coefficient (Wildman–Crippen LogP) is 2.81. The normalized spacial score (nSPS) is 20.2. The van der Waals surface area contributed by atoms with Crippen LogP contribution in [0.4, 0.5) is 4.79 Å². The molecule has 0 spiro atoms. The number of hydrogen-bond donors (Lipinski definition) is 2. The lowest BCUT2D eigenvalue weighted by Crippen LogP contribution is -2.48. The van der Waals surface area contributed by atoms with Gasteiger partial charge in [-0.3, -0.25) is 0 Å². The molecule has 1 saturated carbocycles. The van der Waals surface area contributed by atoms with Crippen LogP contribution in [0.15, 0.2) is 35.3 Å². The van der Waals surface area contributed by atoms with Crippen molar-refractivity contribution in [3.8, 4) is 0 Å². The second kappa shape index (κ2) is 10.5. The second-order valence-electron chi connectivity index (χ2n) is 7.14. The summed E-state index contributed by atoms with van der Waals surface area (Å²) in [5.74, 6) is -0.376. The van der Waals surface area contributed by atoms with Crippen LogP contribution in [-0.2, 0) is 16.1 Å². The number of isocyanates is 1. The first-order valence-corrected chi connectivity index (χ1v) is 9.36. The van der Waals surface area contributed by atoms with E-state index in [9.17, 15) is 19.5 Å². The molecule has 1 fully saturated rings. The van der Waals surface area contributed by atoms with E-state index in [-0.39, 0.29) is 12.6 Å². The summed E-state index contributed by atoms with van der Waals surface area (Å²) in [6.07, 6.45) is 5.57. The van der Waals surface area contributed by atoms with Gasteiger partial charge in [0.2, 0.25) is 6.08 Å². The zero-order valence-corrected chi connectivity index (χ0v) is 15.6. The minimum absolute atomic E-state index is 0.238. The lowest BCUT2D eigenvalue weighted by atomic mass is 9.81. The smallest absolute Gasteiger partial charge is 0.326 e. The number of rotatable bonds is 8. The number of nitrogens with one attached hydrogen (secondary N) is 1. The van der Waals surface area contributed by atoms with Gasteiger partial charge in [0.05, 0.1) is 6.54 Å². The number of nitrogens with zero attached hydrogens (tertiary/aromatic N) is 2. The van der Waals surface area contributed by atoms with Gasteiger partial charge in [-0.2, -0.15) is 0 Å². The van der Waals surface area contributed by atoms with Crippen molar-refractivity contribution in [3.63, 3.8) is 0 Å². The Bertz CT molecular complexity index is 673. The number of carboxylic acid groups (broad SMARTS) is 1. The molecule has 27 heavy (non-hydrogen) atoms. The Balaban J connectivity index is 1.94. The van der Waals surface area contributed by atoms with Gasteiger partial charge in [-0.25, -0.2) is 19.4 Å². The molecule has 2 amide bonds. The fourth-order valence-corrected chi connectivity index (χ4v) is 3.55. The number of aliphatic imine (C=N–C) groups is 1. The van der Waals surface area contributed by atoms with Crippen molar-refractivity contribution in [3.05, 3.63) is 35.9 Å². The van der Waals surface area contributed by atoms with Crippen molar-refractivity contribution in [1.82, 2.24) is 10.2 Å². The van der Waals surface area contributed by atoms with E-state index < -0.39 is 12.0 Å². The molecule has 1 aromatic carbocycles. The van der Waals surface area contributed by atoms with Crippen LogP contribution in [0.3, 0.4) is 0 Å². The van der Waals surface area contributed by atoms with Gasteiger partial charge >= 0.3 is 12.0 Å². The van der Waals surface area contributed by atoms with Crippen LogP contribution in [0.5, 0.6) is 0 Å². The summed E-state index contributed by atoms with van der Waals surface area (Å²) in [6.45, 7) is 2.74. The van der Waals surface area contributed by atoms with Gasteiger partial charge < -0.3 is 15.3 Å². The van der Waals surface area contributed by atoms with Crippen molar-refractivity contribution in [2.24, 2.45) is 16.8 Å². The summed E-state index contributed by atoms with van der Waals surface area (Å²) < 4.78 is 0. The Morgan fingerprint density at radius 3 is 2.67 bits per heavy atom. The van der Waals surface area contributed by atoms with E-state index in [1.807, 2.05) is 30.3 Å². The van der Waals surface area contributed by atoms with Crippen molar-refractivity contribution in [2.75, 3.05) is 13.1 Å². The predicted molar refractivity (Wildman–Crippen MR) is 101 cm³/mol. The standard InChI is InChI=1S/C20H27N3O4/c1-15(19(25)26)23(13-16-6-3-2-4-7-16)20(27)22-12-18-9-5-8-17(10-18)11-21-14-24/h2-4,6-7,15,17-18H,5,8-13H2,1H3,(H,22,27)(H,25,26). The highest BCUT2D eigenvalue weighted by atomic mass is 16.4. The van der Waals surface area contributed by atoms with Gasteiger partial charge in [0.15, 0.2) is 0 Å². The second-order valence-corrected chi connectivity index (χ2v) is 7.14. The van der Waals surface area contributed by atoms with Gasteiger partial charge in [0.1, 0.15) is 6.04 Å². The maximum absolute atomic E-state index is 12.7. The van der Waals surface area contributed by atoms with E-state index in [1.54, 1.807) is 6.08 Å². The molecule has 2 rings (SSSR count). The third-order valence-electron chi connectivity index (χ3n) is 5.13. The fourth-order valence-electron chi connectivity index (χ4n) is 3.55. The number of carboxylic acids is 1. The van der Waals surface area contributed by atoms with E-state index in [1.165, 1.54) is 11.8 Å². The summed E-state index contributed by atoms with van der Waals surface area (Å²) >= 11 is 0. The molecule has 0 aliphatic heterocycles. The van der Waals surface area contributed by atoms with E-state index in [2.05, 4.69) is 10.3 Å². The quantitative estimate of drug-likeness (QED) is 0.541. The van der Waals surface area contributed by atoms with Crippen LogP contribution in [0, 0.1) is 11.8 Å². The summed E-state index contributed by atoms with van der Waals surface area (Å²) in [7, 11) is 0. The lowest BCUT2D eigenvalue weighted by Gasteiger charge is -2.30. The van der Waals surface area contributed by atoms with Gasteiger partial charge in [-0.1, -0.05) is 36.8 Å². The monoisotopic (exact) mass is 373 g/mol. The average Bonchev–Trinajstić information content (AvgIpc) is 2.69. The molecule has 1 aromatic rings. The Morgan fingerprint density at radius 2 is 2.00 bits per heavy atom. The first-order valence-electron chi connectivity index (χ1n) is 9.36. The third kappa shape index (κ3) is 6.53. The number of hydrogen-bond acceptors (Lipinski definition) is 4. The number of carbonyl (C=O) groups excluding carboxylic acids is 2. The average molecular weight is 373 g/mol. The molecule has 146 valence electrons. The Labute approximate surface area is 159 Å². The van der Waals surface area contributed by atoms with Crippen molar-refractivity contribution in [1.29, 1.82) is 0 Å². The van der Waals surface area contributed by atoms with Crippen LogP contribution in [0.1, 0.15) is 38.2 Å². The van der Waals surface area contributed by atoms with Crippen LogP contribution in [0.25, 0.3) is 0 Å². The van der Waals surface area contributed by atoms with Gasteiger partial charge in [-0.15, -0.1) is 0 Å². The van der Waals surface area contributed by atoms with Crippen LogP contribution in [0.2, 0.25) is 0 Å². The van der Waals surface area contributed by atoms with Crippen LogP contribution >= 0.6 is 0 Å². The highest BCUT2D eigenvalue weighted by Crippen LogP contribution is 2.28. The third-order valence-corrected chi connectivity index (χ3v) is 5.13. The van der Waals surface area contributed by atoms with Gasteiger partial charge in [0.25, 0.3) is 0 Å². The van der Waals surface area contributed by atoms with Gasteiger partial charge in [-0.05, 0) is 43.6 Å². The molecular weight excluding hydrogens is 346 g/mol. The Morgan fingerprint density at radius 1 is 1.30 bits per heavy atom. The largest absolute Gasteiger partial charge is 0.480 e. The molecule has 0 heterocycles. The number of benzene rings is 1. The fraction of sp³-hybridized carbons (Fsp3) is 0.550. The highest BCUT2D eigenvalue weighted by Gasteiger charge is 2.27. The molecule has 2 N–H and O–H groups in total. The molecule has 0 saturated heterocycles. The number of urea groups is 1. The number of aliphatic carboxylic acids is 1. The van der Waals surface area contributed by atoms with E-state index in [4.69, 9.17) is 0 Å². The number of carbonyl (C=O) groups is 2. The molecule has 3 unspecified atom stereocenters. The molecule has 0 bridgehead atoms. The zero-order chi connectivity index (χ0) is 19.6. The summed E-state index contributed by atoms with van der Waals surface area (Å²) in [4.78, 5) is 39.4. The molecule has 7 nitrogen and oxygen atoms in total. The van der Waals surface area contributed by atoms with Crippen LogP contribution in [-0.4, -0.2) is 47.2 Å². The topological polar surface area (TPSA) is 99.1 Å². The summed E-state index contributed by atoms with van der Waals surface area (Å²) in [5.41, 5.74) is 0.880. The van der Waals surface area contributed by atoms with Gasteiger partial charge in [0, 0.05) is 13.1 Å². The maximum Gasteiger partial charge on any atom is 0.326 e. The number of amides is 2. The lowest BCUT2D eigenvalue weighted by molar-refractivity contribution is -0.141. The van der Waals surface area contributed by atoms with Crippen molar-refractivity contribution < 1.29 is 19.5 Å². The summed E-state index contributed by atoms with van der Waals surface area (Å²) in [5, 5.41) is 12.3. The molecular formula is C20H27N3O4. The van der Waals surface area contributed by atoms with E-state index in [0.29, 0.717) is 24.9 Å². The first-order chi connectivity index (χ1) is 13.0. The van der Waals surface area contributed by atoms with E-state index in [0.717, 1.165) is 31.2 Å². The van der Waals surface area contributed by atoms with Crippen molar-refractivity contribution >= 4 is 18.1 Å². The Kier molecular flexibility index (Phi) is 8.01. The van der Waals surface area contributed by atoms with Crippen LogP contribution < -0.4 is 5.32 Å². The molecule has 7 heteroatoms. The SMILES string of the molecule is CC(C(=O)O)N(Cc1ccccc1)C(=O)NCC1CCCC(CN=C=O)C1. The highest BCUT2D eigenvalue weighted by molar-refractivity contribution is 5.82. The molecule has 0 radical (unpaired) electrons. The minimum Gasteiger partial charge on any atom is -0.480 e.